The summed E-state index contributed by atoms with van der Waals surface area (Å²) < 4.78 is 1.66. The number of benzene rings is 1. The summed E-state index contributed by atoms with van der Waals surface area (Å²) in [6.45, 7) is 5.25. The first-order chi connectivity index (χ1) is 12.1. The molecule has 1 amide bonds. The predicted molar refractivity (Wildman–Crippen MR) is 95.1 cm³/mol. The number of aromatic nitrogens is 3. The van der Waals surface area contributed by atoms with Crippen molar-refractivity contribution in [1.29, 1.82) is 0 Å². The number of piperazine rings is 1. The van der Waals surface area contributed by atoms with Gasteiger partial charge in [0.1, 0.15) is 6.33 Å². The molecule has 3 rings (SSSR count). The Hall–Kier alpha value is -2.25. The van der Waals surface area contributed by atoms with Crippen molar-refractivity contribution in [3.05, 3.63) is 36.2 Å². The topological polar surface area (TPSA) is 74.5 Å². The molecule has 25 heavy (non-hydrogen) atoms. The Labute approximate surface area is 147 Å². The Morgan fingerprint density at radius 1 is 1.20 bits per heavy atom. The van der Waals surface area contributed by atoms with E-state index in [4.69, 9.17) is 0 Å². The highest BCUT2D eigenvalue weighted by molar-refractivity contribution is 5.94. The molecule has 1 aromatic carbocycles. The number of nitrogens with zero attached hydrogens (tertiary/aromatic N) is 5. The molecule has 7 heteroatoms. The van der Waals surface area contributed by atoms with Gasteiger partial charge in [-0.3, -0.25) is 14.4 Å². The molecule has 0 spiro atoms. The summed E-state index contributed by atoms with van der Waals surface area (Å²) in [7, 11) is 1.83. The number of carbonyl (C=O) groups is 1. The van der Waals surface area contributed by atoms with Crippen LogP contribution in [0.25, 0.3) is 11.4 Å². The van der Waals surface area contributed by atoms with Crippen molar-refractivity contribution in [2.45, 2.75) is 19.4 Å². The van der Waals surface area contributed by atoms with Crippen molar-refractivity contribution in [2.24, 2.45) is 7.05 Å². The number of rotatable bonds is 5. The van der Waals surface area contributed by atoms with Crippen LogP contribution in [0.3, 0.4) is 0 Å². The van der Waals surface area contributed by atoms with Crippen LogP contribution in [0.2, 0.25) is 0 Å². The lowest BCUT2D eigenvalue weighted by Gasteiger charge is -2.38. The molecule has 0 radical (unpaired) electrons. The first-order valence-electron chi connectivity index (χ1n) is 8.72. The number of aliphatic hydroxyl groups excluding tert-OH is 1. The van der Waals surface area contributed by atoms with Gasteiger partial charge in [-0.25, -0.2) is 4.98 Å². The zero-order valence-electron chi connectivity index (χ0n) is 14.8. The van der Waals surface area contributed by atoms with E-state index in [0.29, 0.717) is 24.5 Å². The number of hydrogen-bond donors (Lipinski definition) is 1. The fourth-order valence-electron chi connectivity index (χ4n) is 3.21. The lowest BCUT2D eigenvalue weighted by Crippen LogP contribution is -2.52. The quantitative estimate of drug-likeness (QED) is 0.877. The average Bonchev–Trinajstić information content (AvgIpc) is 3.09. The molecule has 1 aliphatic rings. The van der Waals surface area contributed by atoms with Crippen molar-refractivity contribution in [3.8, 4) is 11.4 Å². The van der Waals surface area contributed by atoms with Crippen LogP contribution in [0, 0.1) is 0 Å². The normalized spacial score (nSPS) is 16.8. The molecule has 1 aliphatic heterocycles. The highest BCUT2D eigenvalue weighted by atomic mass is 16.3. The Balaban J connectivity index is 1.62. The third-order valence-electron chi connectivity index (χ3n) is 4.79. The lowest BCUT2D eigenvalue weighted by atomic mass is 10.1. The molecular weight excluding hydrogens is 318 g/mol. The molecule has 2 heterocycles. The van der Waals surface area contributed by atoms with E-state index in [0.717, 1.165) is 25.1 Å². The molecule has 2 aromatic rings. The number of aliphatic hydroxyl groups is 1. The second kappa shape index (κ2) is 7.76. The molecule has 1 fully saturated rings. The van der Waals surface area contributed by atoms with Crippen molar-refractivity contribution in [1.82, 2.24) is 24.6 Å². The van der Waals surface area contributed by atoms with Gasteiger partial charge in [0.2, 0.25) is 0 Å². The molecule has 1 saturated heterocycles. The summed E-state index contributed by atoms with van der Waals surface area (Å²) in [4.78, 5) is 21.1. The van der Waals surface area contributed by atoms with E-state index in [9.17, 15) is 9.90 Å². The molecule has 0 bridgehead atoms. The zero-order valence-corrected chi connectivity index (χ0v) is 14.8. The maximum atomic E-state index is 12.7. The minimum atomic E-state index is 0.0530. The summed E-state index contributed by atoms with van der Waals surface area (Å²) in [5.41, 5.74) is 1.58. The van der Waals surface area contributed by atoms with Gasteiger partial charge in [0.05, 0.1) is 6.61 Å². The summed E-state index contributed by atoms with van der Waals surface area (Å²) in [5.74, 6) is 0.710. The van der Waals surface area contributed by atoms with Gasteiger partial charge in [-0.05, 0) is 18.6 Å². The first kappa shape index (κ1) is 17.6. The van der Waals surface area contributed by atoms with E-state index in [1.165, 1.54) is 0 Å². The van der Waals surface area contributed by atoms with E-state index < -0.39 is 0 Å². The molecule has 1 unspecified atom stereocenters. The molecule has 1 N–H and O–H groups in total. The third kappa shape index (κ3) is 3.88. The molecule has 134 valence electrons. The SMILES string of the molecule is CCC(CO)N1CCN(C(=O)c2ccc(-c3ncn(C)n3)cc2)CC1. The second-order valence-corrected chi connectivity index (χ2v) is 6.39. The van der Waals surface area contributed by atoms with Crippen LogP contribution in [0.4, 0.5) is 0 Å². The minimum Gasteiger partial charge on any atom is -0.395 e. The highest BCUT2D eigenvalue weighted by Gasteiger charge is 2.25. The van der Waals surface area contributed by atoms with Crippen LogP contribution in [-0.4, -0.2) is 74.4 Å². The van der Waals surface area contributed by atoms with Gasteiger partial charge in [-0.15, -0.1) is 0 Å². The van der Waals surface area contributed by atoms with Gasteiger partial charge in [-0.2, -0.15) is 5.10 Å². The van der Waals surface area contributed by atoms with Gasteiger partial charge in [0.25, 0.3) is 5.91 Å². The smallest absolute Gasteiger partial charge is 0.253 e. The Bertz CT molecular complexity index is 701. The fourth-order valence-corrected chi connectivity index (χ4v) is 3.21. The Morgan fingerprint density at radius 2 is 1.88 bits per heavy atom. The van der Waals surface area contributed by atoms with Gasteiger partial charge >= 0.3 is 0 Å². The van der Waals surface area contributed by atoms with Gasteiger partial charge in [0, 0.05) is 50.4 Å². The summed E-state index contributed by atoms with van der Waals surface area (Å²) in [6.07, 6.45) is 2.58. The predicted octanol–water partition coefficient (Wildman–Crippen LogP) is 1.01. The van der Waals surface area contributed by atoms with E-state index >= 15 is 0 Å². The largest absolute Gasteiger partial charge is 0.395 e. The number of carbonyl (C=O) groups excluding carboxylic acids is 1. The van der Waals surface area contributed by atoms with E-state index in [1.807, 2.05) is 36.2 Å². The lowest BCUT2D eigenvalue weighted by molar-refractivity contribution is 0.0472. The van der Waals surface area contributed by atoms with Crippen LogP contribution >= 0.6 is 0 Å². The van der Waals surface area contributed by atoms with Crippen LogP contribution in [-0.2, 0) is 7.05 Å². The van der Waals surface area contributed by atoms with Crippen LogP contribution in [0.1, 0.15) is 23.7 Å². The second-order valence-electron chi connectivity index (χ2n) is 6.39. The minimum absolute atomic E-state index is 0.0530. The van der Waals surface area contributed by atoms with Crippen LogP contribution < -0.4 is 0 Å². The highest BCUT2D eigenvalue weighted by Crippen LogP contribution is 2.17. The molecule has 0 saturated carbocycles. The van der Waals surface area contributed by atoms with E-state index in [-0.39, 0.29) is 18.6 Å². The molecule has 1 aromatic heterocycles. The Morgan fingerprint density at radius 3 is 2.40 bits per heavy atom. The zero-order chi connectivity index (χ0) is 17.8. The summed E-state index contributed by atoms with van der Waals surface area (Å²) in [6, 6.07) is 7.64. The van der Waals surface area contributed by atoms with Crippen molar-refractivity contribution in [2.75, 3.05) is 32.8 Å². The molecular formula is C18H25N5O2. The standard InChI is InChI=1S/C18H25N5O2/c1-3-16(12-24)22-8-10-23(11-9-22)18(25)15-6-4-14(5-7-15)17-19-13-21(2)20-17/h4-7,13,16,24H,3,8-12H2,1-2H3. The summed E-state index contributed by atoms with van der Waals surface area (Å²) >= 11 is 0. The summed E-state index contributed by atoms with van der Waals surface area (Å²) in [5, 5.41) is 13.7. The monoisotopic (exact) mass is 343 g/mol. The Kier molecular flexibility index (Phi) is 5.45. The molecule has 7 nitrogen and oxygen atoms in total. The number of aryl methyl sites for hydroxylation is 1. The van der Waals surface area contributed by atoms with E-state index in [2.05, 4.69) is 21.9 Å². The maximum Gasteiger partial charge on any atom is 0.253 e. The van der Waals surface area contributed by atoms with Crippen molar-refractivity contribution in [3.63, 3.8) is 0 Å². The van der Waals surface area contributed by atoms with Crippen LogP contribution in [0.5, 0.6) is 0 Å². The maximum absolute atomic E-state index is 12.7. The molecule has 0 aliphatic carbocycles. The van der Waals surface area contributed by atoms with E-state index in [1.54, 1.807) is 11.0 Å². The van der Waals surface area contributed by atoms with Crippen molar-refractivity contribution >= 4 is 5.91 Å². The number of amides is 1. The van der Waals surface area contributed by atoms with Crippen LogP contribution in [0.15, 0.2) is 30.6 Å². The first-order valence-corrected chi connectivity index (χ1v) is 8.72. The van der Waals surface area contributed by atoms with Gasteiger partial charge in [0.15, 0.2) is 5.82 Å². The fraction of sp³-hybridized carbons (Fsp3) is 0.500. The number of hydrogen-bond acceptors (Lipinski definition) is 5. The van der Waals surface area contributed by atoms with Gasteiger partial charge < -0.3 is 10.0 Å². The average molecular weight is 343 g/mol. The third-order valence-corrected chi connectivity index (χ3v) is 4.79. The molecule has 1 atom stereocenters. The van der Waals surface area contributed by atoms with Gasteiger partial charge in [-0.1, -0.05) is 19.1 Å². The van der Waals surface area contributed by atoms with Crippen molar-refractivity contribution < 1.29 is 9.90 Å².